The molecule has 184 valence electrons. The van der Waals surface area contributed by atoms with E-state index in [4.69, 9.17) is 4.74 Å². The van der Waals surface area contributed by atoms with Crippen molar-refractivity contribution in [3.05, 3.63) is 69.8 Å². The van der Waals surface area contributed by atoms with Gasteiger partial charge in [0.15, 0.2) is 5.69 Å². The molecule has 0 aliphatic heterocycles. The molecule has 35 heavy (non-hydrogen) atoms. The number of halogens is 4. The number of carbonyl (C=O) groups excluding carboxylic acids is 1. The zero-order valence-corrected chi connectivity index (χ0v) is 20.5. The monoisotopic (exact) mass is 570 g/mol. The maximum absolute atomic E-state index is 13.3. The van der Waals surface area contributed by atoms with E-state index >= 15 is 0 Å². The van der Waals surface area contributed by atoms with E-state index in [0.29, 0.717) is 34.1 Å². The summed E-state index contributed by atoms with van der Waals surface area (Å²) in [6.45, 7) is 2.23. The lowest BCUT2D eigenvalue weighted by atomic mass is 10.0. The first-order valence-corrected chi connectivity index (χ1v) is 12.1. The van der Waals surface area contributed by atoms with Gasteiger partial charge in [-0.25, -0.2) is 4.79 Å². The Bertz CT molecular complexity index is 1250. The SMILES string of the molecule is CCOC(=O)c1c(NCCBr)sc(N=Nc2cccc(C(F)(F)F)c2[N+](=O)[O-])c1-c1ccccc1. The highest BCUT2D eigenvalue weighted by Crippen LogP contribution is 2.48. The van der Waals surface area contributed by atoms with Crippen LogP contribution in [0, 0.1) is 10.1 Å². The number of thiophene rings is 1. The van der Waals surface area contributed by atoms with E-state index in [-0.39, 0.29) is 17.2 Å². The second-order valence-electron chi connectivity index (χ2n) is 6.82. The van der Waals surface area contributed by atoms with Crippen LogP contribution in [0.1, 0.15) is 22.8 Å². The van der Waals surface area contributed by atoms with Gasteiger partial charge in [-0.05, 0) is 24.6 Å². The van der Waals surface area contributed by atoms with Crippen LogP contribution < -0.4 is 5.32 Å². The third kappa shape index (κ3) is 6.03. The number of nitro groups is 1. The number of nitrogens with one attached hydrogen (secondary N) is 1. The molecule has 1 aromatic heterocycles. The number of carbonyl (C=O) groups is 1. The van der Waals surface area contributed by atoms with E-state index in [2.05, 4.69) is 31.5 Å². The van der Waals surface area contributed by atoms with Crippen molar-refractivity contribution in [3.8, 4) is 11.1 Å². The summed E-state index contributed by atoms with van der Waals surface area (Å²) in [5.74, 6) is -0.619. The number of anilines is 1. The number of alkyl halides is 4. The Kier molecular flexibility index (Phi) is 8.57. The van der Waals surface area contributed by atoms with Crippen LogP contribution in [-0.2, 0) is 10.9 Å². The van der Waals surface area contributed by atoms with Gasteiger partial charge < -0.3 is 10.1 Å². The molecule has 13 heteroatoms. The van der Waals surface area contributed by atoms with Crippen molar-refractivity contribution in [2.24, 2.45) is 10.2 Å². The van der Waals surface area contributed by atoms with Crippen LogP contribution in [0.15, 0.2) is 58.8 Å². The summed E-state index contributed by atoms with van der Waals surface area (Å²) in [4.78, 5) is 23.2. The van der Waals surface area contributed by atoms with Gasteiger partial charge in [-0.3, -0.25) is 10.1 Å². The number of esters is 1. The summed E-state index contributed by atoms with van der Waals surface area (Å²) >= 11 is 4.34. The molecule has 3 aromatic rings. The first kappa shape index (κ1) is 26.3. The molecular formula is C22H18BrF3N4O4S. The Morgan fingerprint density at radius 2 is 1.89 bits per heavy atom. The lowest BCUT2D eigenvalue weighted by molar-refractivity contribution is -0.387. The Hall–Kier alpha value is -3.32. The molecular weight excluding hydrogens is 553 g/mol. The van der Waals surface area contributed by atoms with E-state index in [1.807, 2.05) is 0 Å². The van der Waals surface area contributed by atoms with Gasteiger partial charge in [-0.2, -0.15) is 13.2 Å². The summed E-state index contributed by atoms with van der Waals surface area (Å²) in [5, 5.41) is 23.6. The molecule has 0 saturated heterocycles. The average Bonchev–Trinajstić information content (AvgIpc) is 3.19. The molecule has 0 unspecified atom stereocenters. The van der Waals surface area contributed by atoms with Crippen molar-refractivity contribution in [1.29, 1.82) is 0 Å². The van der Waals surface area contributed by atoms with Crippen molar-refractivity contribution in [3.63, 3.8) is 0 Å². The number of nitrogens with zero attached hydrogens (tertiary/aromatic N) is 3. The fourth-order valence-corrected chi connectivity index (χ4v) is 4.43. The third-order valence-corrected chi connectivity index (χ3v) is 5.99. The van der Waals surface area contributed by atoms with Gasteiger partial charge in [0.2, 0.25) is 0 Å². The summed E-state index contributed by atoms with van der Waals surface area (Å²) < 4.78 is 45.2. The van der Waals surface area contributed by atoms with Crippen LogP contribution in [0.3, 0.4) is 0 Å². The van der Waals surface area contributed by atoms with Gasteiger partial charge in [0.1, 0.15) is 21.1 Å². The number of para-hydroxylation sites is 1. The summed E-state index contributed by atoms with van der Waals surface area (Å²) in [6.07, 6.45) is -4.95. The minimum atomic E-state index is -4.95. The van der Waals surface area contributed by atoms with Crippen molar-refractivity contribution in [2.75, 3.05) is 23.8 Å². The molecule has 0 fully saturated rings. The van der Waals surface area contributed by atoms with Gasteiger partial charge in [0.25, 0.3) is 0 Å². The summed E-state index contributed by atoms with van der Waals surface area (Å²) in [7, 11) is 0. The van der Waals surface area contributed by atoms with Crippen LogP contribution in [0.4, 0.5) is 34.5 Å². The van der Waals surface area contributed by atoms with Gasteiger partial charge in [0, 0.05) is 17.4 Å². The zero-order chi connectivity index (χ0) is 25.6. The standard InChI is InChI=1S/C22H18BrF3N4O4S/c1-2-34-21(31)17-16(13-7-4-3-5-8-13)20(35-19(17)27-12-11-23)29-28-15-10-6-9-14(22(24,25)26)18(15)30(32)33/h3-10,27H,2,11-12H2,1H3. The Balaban J connectivity index is 2.22. The van der Waals surface area contributed by atoms with Gasteiger partial charge >= 0.3 is 17.8 Å². The highest BCUT2D eigenvalue weighted by Gasteiger charge is 2.40. The molecule has 0 amide bonds. The van der Waals surface area contributed by atoms with E-state index < -0.39 is 34.0 Å². The maximum atomic E-state index is 13.3. The average molecular weight is 571 g/mol. The highest BCUT2D eigenvalue weighted by atomic mass is 79.9. The highest BCUT2D eigenvalue weighted by molar-refractivity contribution is 9.09. The molecule has 0 bridgehead atoms. The number of ether oxygens (including phenoxy) is 1. The second-order valence-corrected chi connectivity index (χ2v) is 8.61. The van der Waals surface area contributed by atoms with E-state index in [0.717, 1.165) is 23.5 Å². The molecule has 0 aliphatic rings. The predicted molar refractivity (Wildman–Crippen MR) is 130 cm³/mol. The number of nitro benzene ring substituents is 1. The Morgan fingerprint density at radius 3 is 2.49 bits per heavy atom. The maximum Gasteiger partial charge on any atom is 0.423 e. The lowest BCUT2D eigenvalue weighted by Crippen LogP contribution is -2.10. The van der Waals surface area contributed by atoms with Crippen LogP contribution in [0.2, 0.25) is 0 Å². The number of rotatable bonds is 9. The second kappa shape index (κ2) is 11.4. The van der Waals surface area contributed by atoms with Crippen LogP contribution >= 0.6 is 27.3 Å². The van der Waals surface area contributed by atoms with E-state index in [9.17, 15) is 28.1 Å². The quantitative estimate of drug-likeness (QED) is 0.0930. The van der Waals surface area contributed by atoms with Gasteiger partial charge in [-0.15, -0.1) is 10.2 Å². The topological polar surface area (TPSA) is 106 Å². The number of hydrogen-bond donors (Lipinski definition) is 1. The summed E-state index contributed by atoms with van der Waals surface area (Å²) in [5.41, 5.74) is -2.07. The van der Waals surface area contributed by atoms with Gasteiger partial charge in [0.05, 0.1) is 11.5 Å². The lowest BCUT2D eigenvalue weighted by Gasteiger charge is -2.09. The first-order valence-electron chi connectivity index (χ1n) is 10.1. The minimum absolute atomic E-state index is 0.119. The normalized spacial score (nSPS) is 11.6. The molecule has 0 spiro atoms. The van der Waals surface area contributed by atoms with Crippen LogP contribution in [0.5, 0.6) is 0 Å². The van der Waals surface area contributed by atoms with Crippen LogP contribution in [0.25, 0.3) is 11.1 Å². The smallest absolute Gasteiger partial charge is 0.423 e. The Labute approximate surface area is 210 Å². The number of azo groups is 1. The van der Waals surface area contributed by atoms with Crippen LogP contribution in [-0.4, -0.2) is 29.4 Å². The zero-order valence-electron chi connectivity index (χ0n) is 18.1. The largest absolute Gasteiger partial charge is 0.462 e. The number of hydrogen-bond acceptors (Lipinski definition) is 8. The molecule has 0 atom stereocenters. The van der Waals surface area contributed by atoms with Crippen molar-refractivity contribution in [1.82, 2.24) is 0 Å². The van der Waals surface area contributed by atoms with Crippen molar-refractivity contribution in [2.45, 2.75) is 13.1 Å². The fourth-order valence-electron chi connectivity index (χ4n) is 3.18. The molecule has 1 heterocycles. The van der Waals surface area contributed by atoms with E-state index in [1.165, 1.54) is 0 Å². The molecule has 0 aliphatic carbocycles. The third-order valence-electron chi connectivity index (χ3n) is 4.56. The minimum Gasteiger partial charge on any atom is -0.462 e. The number of benzene rings is 2. The van der Waals surface area contributed by atoms with Crippen molar-refractivity contribution < 1.29 is 27.6 Å². The summed E-state index contributed by atoms with van der Waals surface area (Å²) in [6, 6.07) is 11.4. The predicted octanol–water partition coefficient (Wildman–Crippen LogP) is 7.74. The molecule has 8 nitrogen and oxygen atoms in total. The van der Waals surface area contributed by atoms with Gasteiger partial charge in [-0.1, -0.05) is 63.7 Å². The van der Waals surface area contributed by atoms with Crippen molar-refractivity contribution >= 4 is 54.6 Å². The fraction of sp³-hybridized carbons (Fsp3) is 0.227. The first-order chi connectivity index (χ1) is 16.7. The molecule has 2 aromatic carbocycles. The molecule has 1 N–H and O–H groups in total. The Morgan fingerprint density at radius 1 is 1.17 bits per heavy atom. The van der Waals surface area contributed by atoms with E-state index in [1.54, 1.807) is 37.3 Å². The molecule has 3 rings (SSSR count). The molecule has 0 radical (unpaired) electrons. The molecule has 0 saturated carbocycles.